The Morgan fingerprint density at radius 2 is 1.30 bits per heavy atom. The minimum absolute atomic E-state index is 0.252. The molecule has 0 saturated heterocycles. The Hall–Kier alpha value is -2.44. The van der Waals surface area contributed by atoms with Gasteiger partial charge in [-0.1, -0.05) is 54.1 Å². The number of rotatable bonds is 6. The predicted octanol–water partition coefficient (Wildman–Crippen LogP) is 3.02. The van der Waals surface area contributed by atoms with Crippen LogP contribution >= 0.6 is 0 Å². The Labute approximate surface area is 176 Å². The van der Waals surface area contributed by atoms with Crippen molar-refractivity contribution in [3.63, 3.8) is 0 Å². The van der Waals surface area contributed by atoms with Crippen molar-refractivity contribution in [3.8, 4) is 0 Å². The Balaban J connectivity index is 1.15. The first-order chi connectivity index (χ1) is 14.7. The molecule has 0 spiro atoms. The molecule has 2 aliphatic rings. The van der Waals surface area contributed by atoms with Crippen molar-refractivity contribution in [3.05, 3.63) is 94.3 Å². The molecule has 150 valence electrons. The third kappa shape index (κ3) is 4.07. The van der Waals surface area contributed by atoms with Gasteiger partial charge in [0.2, 0.25) is 0 Å². The Kier molecular flexibility index (Phi) is 5.44. The molecule has 2 aliphatic heterocycles. The summed E-state index contributed by atoms with van der Waals surface area (Å²) < 4.78 is 36.6. The highest BCUT2D eigenvalue weighted by molar-refractivity contribution is 6.63. The molecule has 0 unspecified atom stereocenters. The fourth-order valence-corrected chi connectivity index (χ4v) is 3.88. The van der Waals surface area contributed by atoms with Gasteiger partial charge in [-0.25, -0.2) is 4.39 Å². The Morgan fingerprint density at radius 3 is 1.90 bits per heavy atom. The summed E-state index contributed by atoms with van der Waals surface area (Å²) >= 11 is 0. The fraction of sp³-hybridized carbons (Fsp3) is 0.217. The molecule has 5 rings (SSSR count). The molecule has 0 N–H and O–H groups in total. The van der Waals surface area contributed by atoms with Crippen molar-refractivity contribution in [2.75, 3.05) is 0 Å². The summed E-state index contributed by atoms with van der Waals surface area (Å²) in [6.45, 7) is 3.94. The van der Waals surface area contributed by atoms with Crippen LogP contribution in [0.3, 0.4) is 0 Å². The normalized spacial score (nSPS) is 14.9. The molecular weight excluding hydrogens is 381 g/mol. The van der Waals surface area contributed by atoms with Crippen molar-refractivity contribution in [1.29, 1.82) is 0 Å². The van der Waals surface area contributed by atoms with E-state index in [0.29, 0.717) is 26.4 Å². The highest BCUT2D eigenvalue weighted by atomic mass is 19.1. The van der Waals surface area contributed by atoms with Crippen LogP contribution in [0.4, 0.5) is 4.39 Å². The van der Waals surface area contributed by atoms with Crippen LogP contribution in [0.2, 0.25) is 0 Å². The van der Waals surface area contributed by atoms with Gasteiger partial charge in [-0.15, -0.1) is 0 Å². The van der Waals surface area contributed by atoms with E-state index in [1.165, 1.54) is 23.3 Å². The molecule has 0 bridgehead atoms. The standard InChI is InChI=1S/C23H21B2FO4/c1-16-2-8-22-19(10-16)14-29-24(22)27-12-17-3-5-18(6-4-17)13-28-25-23-9-7-21(26)11-20(23)15-30-25/h2-11H,12-15H2,1H3. The number of aryl methyl sites for hydroxylation is 1. The maximum absolute atomic E-state index is 13.3. The van der Waals surface area contributed by atoms with E-state index in [9.17, 15) is 4.39 Å². The van der Waals surface area contributed by atoms with Gasteiger partial charge in [-0.2, -0.15) is 0 Å². The molecule has 7 heteroatoms. The second-order valence-electron chi connectivity index (χ2n) is 7.77. The largest absolute Gasteiger partial charge is 0.494 e. The zero-order valence-electron chi connectivity index (χ0n) is 16.8. The maximum atomic E-state index is 13.3. The molecule has 3 aromatic rings. The molecule has 2 heterocycles. The number of hydrogen-bond donors (Lipinski definition) is 0. The highest BCUT2D eigenvalue weighted by Crippen LogP contribution is 2.17. The molecule has 0 atom stereocenters. The Bertz CT molecular complexity index is 973. The van der Waals surface area contributed by atoms with Crippen molar-refractivity contribution in [1.82, 2.24) is 0 Å². The molecule has 0 fully saturated rings. The van der Waals surface area contributed by atoms with E-state index >= 15 is 0 Å². The fourth-order valence-electron chi connectivity index (χ4n) is 3.88. The van der Waals surface area contributed by atoms with Gasteiger partial charge in [0, 0.05) is 0 Å². The lowest BCUT2D eigenvalue weighted by molar-refractivity contribution is 0.202. The van der Waals surface area contributed by atoms with E-state index in [2.05, 4.69) is 25.1 Å². The van der Waals surface area contributed by atoms with Gasteiger partial charge >= 0.3 is 14.2 Å². The van der Waals surface area contributed by atoms with Gasteiger partial charge in [0.05, 0.1) is 26.4 Å². The minimum atomic E-state index is -0.452. The predicted molar refractivity (Wildman–Crippen MR) is 114 cm³/mol. The third-order valence-electron chi connectivity index (χ3n) is 5.52. The second kappa shape index (κ2) is 8.36. The van der Waals surface area contributed by atoms with Crippen LogP contribution in [0, 0.1) is 12.7 Å². The van der Waals surface area contributed by atoms with Gasteiger partial charge < -0.3 is 18.6 Å². The summed E-state index contributed by atoms with van der Waals surface area (Å²) in [5, 5.41) is 0. The van der Waals surface area contributed by atoms with Crippen LogP contribution in [-0.4, -0.2) is 14.2 Å². The van der Waals surface area contributed by atoms with Crippen LogP contribution in [0.15, 0.2) is 60.7 Å². The number of hydrogen-bond acceptors (Lipinski definition) is 4. The monoisotopic (exact) mass is 402 g/mol. The molecule has 4 nitrogen and oxygen atoms in total. The van der Waals surface area contributed by atoms with E-state index in [-0.39, 0.29) is 12.9 Å². The maximum Gasteiger partial charge on any atom is 0.494 e. The summed E-state index contributed by atoms with van der Waals surface area (Å²) in [5.74, 6) is -0.252. The van der Waals surface area contributed by atoms with Crippen molar-refractivity contribution < 1.29 is 23.0 Å². The molecule has 0 radical (unpaired) electrons. The number of fused-ring (bicyclic) bond motifs is 2. The summed E-state index contributed by atoms with van der Waals surface area (Å²) in [7, 11) is -0.764. The summed E-state index contributed by atoms with van der Waals surface area (Å²) in [5.41, 5.74) is 7.39. The smallest absolute Gasteiger partial charge is 0.403 e. The average molecular weight is 402 g/mol. The van der Waals surface area contributed by atoms with Gasteiger partial charge in [0.25, 0.3) is 0 Å². The van der Waals surface area contributed by atoms with E-state index in [4.69, 9.17) is 18.6 Å². The van der Waals surface area contributed by atoms with E-state index < -0.39 is 7.12 Å². The van der Waals surface area contributed by atoms with Gasteiger partial charge in [-0.3, -0.25) is 0 Å². The molecule has 30 heavy (non-hydrogen) atoms. The first kappa shape index (κ1) is 19.5. The molecular formula is C23H21B2FO4. The summed E-state index contributed by atoms with van der Waals surface area (Å²) in [4.78, 5) is 0. The lowest BCUT2D eigenvalue weighted by Crippen LogP contribution is -2.32. The van der Waals surface area contributed by atoms with E-state index in [1.54, 1.807) is 6.07 Å². The molecule has 0 aliphatic carbocycles. The lowest BCUT2D eigenvalue weighted by atomic mass is 9.78. The van der Waals surface area contributed by atoms with Crippen LogP contribution < -0.4 is 10.9 Å². The topological polar surface area (TPSA) is 36.9 Å². The van der Waals surface area contributed by atoms with Gasteiger partial charge in [-0.05, 0) is 52.2 Å². The van der Waals surface area contributed by atoms with Gasteiger partial charge in [0.1, 0.15) is 5.82 Å². The summed E-state index contributed by atoms with van der Waals surface area (Å²) in [6.07, 6.45) is 0. The zero-order valence-corrected chi connectivity index (χ0v) is 16.8. The average Bonchev–Trinajstić information content (AvgIpc) is 3.34. The minimum Gasteiger partial charge on any atom is -0.403 e. The third-order valence-corrected chi connectivity index (χ3v) is 5.52. The van der Waals surface area contributed by atoms with Gasteiger partial charge in [0.15, 0.2) is 0 Å². The van der Waals surface area contributed by atoms with E-state index in [0.717, 1.165) is 27.6 Å². The van der Waals surface area contributed by atoms with E-state index in [1.807, 2.05) is 24.3 Å². The quantitative estimate of drug-likeness (QED) is 0.595. The first-order valence-corrected chi connectivity index (χ1v) is 10.1. The SMILES string of the molecule is Cc1ccc2c(c1)COB2OCc1ccc(COB2OCc3cc(F)ccc32)cc1. The molecule has 0 amide bonds. The van der Waals surface area contributed by atoms with Crippen molar-refractivity contribution in [2.24, 2.45) is 0 Å². The Morgan fingerprint density at radius 1 is 0.767 bits per heavy atom. The molecule has 0 saturated carbocycles. The first-order valence-electron chi connectivity index (χ1n) is 10.1. The molecule has 0 aromatic heterocycles. The number of benzene rings is 3. The van der Waals surface area contributed by atoms with Crippen LogP contribution in [0.25, 0.3) is 0 Å². The number of halogens is 1. The zero-order chi connectivity index (χ0) is 20.5. The second-order valence-corrected chi connectivity index (χ2v) is 7.77. The van der Waals surface area contributed by atoms with Crippen molar-refractivity contribution >= 4 is 25.2 Å². The van der Waals surface area contributed by atoms with Crippen LogP contribution in [0.1, 0.15) is 27.8 Å². The highest BCUT2D eigenvalue weighted by Gasteiger charge is 2.31. The van der Waals surface area contributed by atoms with Crippen LogP contribution in [-0.2, 0) is 45.0 Å². The van der Waals surface area contributed by atoms with Crippen LogP contribution in [0.5, 0.6) is 0 Å². The van der Waals surface area contributed by atoms with Crippen molar-refractivity contribution in [2.45, 2.75) is 33.4 Å². The summed E-state index contributed by atoms with van der Waals surface area (Å²) in [6, 6.07) is 19.1. The lowest BCUT2D eigenvalue weighted by Gasteiger charge is -2.11. The molecule has 3 aromatic carbocycles.